The molecule has 1 aliphatic heterocycles. The van der Waals surface area contributed by atoms with E-state index in [1.54, 1.807) is 0 Å². The third kappa shape index (κ3) is 8.51. The summed E-state index contributed by atoms with van der Waals surface area (Å²) >= 11 is 3.37. The molecule has 1 heterocycles. The second-order valence-electron chi connectivity index (χ2n) is 11.6. The van der Waals surface area contributed by atoms with E-state index in [0.29, 0.717) is 35.9 Å². The number of hydrogen-bond acceptors (Lipinski definition) is 4. The van der Waals surface area contributed by atoms with Gasteiger partial charge in [0.2, 0.25) is 9.04 Å². The number of halogens is 1. The molecule has 6 heteroatoms. The van der Waals surface area contributed by atoms with Crippen LogP contribution in [0.5, 0.6) is 0 Å². The summed E-state index contributed by atoms with van der Waals surface area (Å²) in [6.45, 7) is 9.33. The molecule has 194 valence electrons. The van der Waals surface area contributed by atoms with Gasteiger partial charge in [-0.2, -0.15) is 0 Å². The number of alkyl halides is 1. The van der Waals surface area contributed by atoms with E-state index in [1.807, 2.05) is 36.4 Å². The number of ether oxygens (including phenoxy) is 1. The maximum Gasteiger partial charge on any atom is 0.240 e. The molecule has 1 fully saturated rings. The van der Waals surface area contributed by atoms with E-state index in [9.17, 15) is 10.2 Å². The maximum atomic E-state index is 12.0. The summed E-state index contributed by atoms with van der Waals surface area (Å²) in [5.41, 5.74) is -0.854. The lowest BCUT2D eigenvalue weighted by molar-refractivity contribution is -0.218. The number of benzene rings is 2. The smallest absolute Gasteiger partial charge is 0.240 e. The van der Waals surface area contributed by atoms with Crippen molar-refractivity contribution in [2.24, 2.45) is 11.3 Å². The minimum absolute atomic E-state index is 0.199. The van der Waals surface area contributed by atoms with Crippen LogP contribution in [0, 0.1) is 11.3 Å². The normalized spacial score (nSPS) is 23.4. The van der Waals surface area contributed by atoms with Crippen LogP contribution in [0.1, 0.15) is 66.2 Å². The van der Waals surface area contributed by atoms with Gasteiger partial charge >= 0.3 is 0 Å². The van der Waals surface area contributed by atoms with E-state index >= 15 is 0 Å². The van der Waals surface area contributed by atoms with Crippen molar-refractivity contribution in [3.05, 3.63) is 60.7 Å². The quantitative estimate of drug-likeness (QED) is 0.289. The Morgan fingerprint density at radius 2 is 1.66 bits per heavy atom. The summed E-state index contributed by atoms with van der Waals surface area (Å²) in [7, 11) is -2.00. The molecule has 0 aromatic heterocycles. The Morgan fingerprint density at radius 3 is 2.14 bits per heavy atom. The zero-order valence-electron chi connectivity index (χ0n) is 21.8. The molecule has 3 rings (SSSR count). The fourth-order valence-corrected chi connectivity index (χ4v) is 8.10. The monoisotopic (exact) mass is 562 g/mol. The van der Waals surface area contributed by atoms with Crippen molar-refractivity contribution in [3.63, 3.8) is 0 Å². The van der Waals surface area contributed by atoms with Gasteiger partial charge in [-0.3, -0.25) is 0 Å². The average Bonchev–Trinajstić information content (AvgIpc) is 3.23. The molecule has 0 aliphatic carbocycles. The van der Waals surface area contributed by atoms with Crippen molar-refractivity contribution in [2.75, 3.05) is 11.9 Å². The molecule has 4 nitrogen and oxygen atoms in total. The van der Waals surface area contributed by atoms with Crippen molar-refractivity contribution in [3.8, 4) is 0 Å². The molecular weight excluding hydrogens is 520 g/mol. The molecule has 4 unspecified atom stereocenters. The topological polar surface area (TPSA) is 58.9 Å². The van der Waals surface area contributed by atoms with Gasteiger partial charge in [0, 0.05) is 6.42 Å². The zero-order chi connectivity index (χ0) is 25.5. The molecule has 4 atom stereocenters. The van der Waals surface area contributed by atoms with Crippen LogP contribution in [-0.2, 0) is 9.16 Å². The first-order valence-electron chi connectivity index (χ1n) is 12.9. The van der Waals surface area contributed by atoms with Gasteiger partial charge in [-0.15, -0.1) is 0 Å². The molecular formula is C29H43BrO4Si. The number of aliphatic hydroxyl groups is 2. The molecule has 0 radical (unpaired) electrons. The van der Waals surface area contributed by atoms with E-state index in [2.05, 4.69) is 67.9 Å². The molecule has 0 saturated carbocycles. The Kier molecular flexibility index (Phi) is 10.2. The Hall–Kier alpha value is -1.02. The highest BCUT2D eigenvalue weighted by atomic mass is 79.9. The fourth-order valence-electron chi connectivity index (χ4n) is 5.31. The van der Waals surface area contributed by atoms with Crippen LogP contribution >= 0.6 is 15.9 Å². The van der Waals surface area contributed by atoms with Crippen LogP contribution in [0.25, 0.3) is 0 Å². The Labute approximate surface area is 221 Å². The minimum atomic E-state index is -2.00. The molecule has 35 heavy (non-hydrogen) atoms. The van der Waals surface area contributed by atoms with E-state index in [1.165, 1.54) is 10.4 Å². The first-order valence-corrected chi connectivity index (χ1v) is 15.7. The van der Waals surface area contributed by atoms with Gasteiger partial charge in [-0.05, 0) is 41.0 Å². The average molecular weight is 564 g/mol. The van der Waals surface area contributed by atoms with Gasteiger partial charge in [0.1, 0.15) is 5.60 Å². The molecule has 0 amide bonds. The van der Waals surface area contributed by atoms with E-state index in [0.717, 1.165) is 19.3 Å². The third-order valence-electron chi connectivity index (χ3n) is 6.94. The van der Waals surface area contributed by atoms with Gasteiger partial charge in [0.15, 0.2) is 5.79 Å². The summed E-state index contributed by atoms with van der Waals surface area (Å²) in [5, 5.41) is 25.4. The van der Waals surface area contributed by atoms with Crippen LogP contribution in [0.3, 0.4) is 0 Å². The predicted molar refractivity (Wildman–Crippen MR) is 150 cm³/mol. The van der Waals surface area contributed by atoms with Crippen LogP contribution in [0.15, 0.2) is 60.7 Å². The van der Waals surface area contributed by atoms with Crippen molar-refractivity contribution in [1.29, 1.82) is 0 Å². The summed E-state index contributed by atoms with van der Waals surface area (Å²) in [6.07, 6.45) is 4.35. The van der Waals surface area contributed by atoms with Crippen molar-refractivity contribution in [2.45, 2.75) is 83.7 Å². The van der Waals surface area contributed by atoms with Gasteiger partial charge in [-0.25, -0.2) is 0 Å². The Balaban J connectivity index is 1.76. The summed E-state index contributed by atoms with van der Waals surface area (Å²) in [4.78, 5) is 0. The molecule has 0 spiro atoms. The predicted octanol–water partition coefficient (Wildman–Crippen LogP) is 4.78. The van der Waals surface area contributed by atoms with Crippen molar-refractivity contribution in [1.82, 2.24) is 0 Å². The lowest BCUT2D eigenvalue weighted by Gasteiger charge is -2.36. The summed E-state index contributed by atoms with van der Waals surface area (Å²) in [5.74, 6) is -0.645. The Bertz CT molecular complexity index is 851. The second kappa shape index (κ2) is 12.5. The van der Waals surface area contributed by atoms with Crippen molar-refractivity contribution < 1.29 is 19.4 Å². The van der Waals surface area contributed by atoms with E-state index in [4.69, 9.17) is 9.16 Å². The van der Waals surface area contributed by atoms with Gasteiger partial charge in [0.25, 0.3) is 0 Å². The molecule has 0 bridgehead atoms. The van der Waals surface area contributed by atoms with Gasteiger partial charge < -0.3 is 19.4 Å². The zero-order valence-corrected chi connectivity index (χ0v) is 24.5. The van der Waals surface area contributed by atoms with Crippen LogP contribution in [-0.4, -0.2) is 48.7 Å². The lowest BCUT2D eigenvalue weighted by atomic mass is 9.82. The second-order valence-corrected chi connectivity index (χ2v) is 14.6. The molecule has 1 aliphatic rings. The van der Waals surface area contributed by atoms with Crippen LogP contribution in [0.2, 0.25) is 0 Å². The lowest BCUT2D eigenvalue weighted by Crippen LogP contribution is -2.53. The first kappa shape index (κ1) is 28.5. The van der Waals surface area contributed by atoms with Gasteiger partial charge in [-0.1, -0.05) is 117 Å². The maximum absolute atomic E-state index is 12.0. The van der Waals surface area contributed by atoms with Crippen molar-refractivity contribution >= 4 is 35.3 Å². The standard InChI is InChI=1S/C29H43BrO4Si/c1-23(20-27(2,3)4)12-11-18-28(31,26-17-19-29(32,21-30)34-26)22-33-35(24-13-7-5-8-14-24)25-15-9-6-10-16-25/h5-10,13-16,23,26,31-32,35H,11-12,17-22H2,1-4H3. The van der Waals surface area contributed by atoms with Crippen LogP contribution < -0.4 is 10.4 Å². The Morgan fingerprint density at radius 1 is 1.09 bits per heavy atom. The largest absolute Gasteiger partial charge is 0.408 e. The highest BCUT2D eigenvalue weighted by Crippen LogP contribution is 2.38. The first-order chi connectivity index (χ1) is 16.5. The molecule has 2 aromatic rings. The molecule has 1 saturated heterocycles. The highest BCUT2D eigenvalue weighted by molar-refractivity contribution is 9.09. The SMILES string of the molecule is CC(CCCC(O)(CO[SiH](c1ccccc1)c1ccccc1)C1CCC(O)(CBr)O1)CC(C)(C)C. The van der Waals surface area contributed by atoms with E-state index < -0.39 is 26.5 Å². The van der Waals surface area contributed by atoms with Gasteiger partial charge in [0.05, 0.1) is 18.0 Å². The summed E-state index contributed by atoms with van der Waals surface area (Å²) < 4.78 is 12.7. The number of rotatable bonds is 12. The number of hydrogen-bond donors (Lipinski definition) is 2. The fraction of sp³-hybridized carbons (Fsp3) is 0.586. The third-order valence-corrected chi connectivity index (χ3v) is 10.3. The van der Waals surface area contributed by atoms with Crippen LogP contribution in [0.4, 0.5) is 0 Å². The molecule has 2 N–H and O–H groups in total. The summed E-state index contributed by atoms with van der Waals surface area (Å²) in [6, 6.07) is 20.7. The van der Waals surface area contributed by atoms with E-state index in [-0.39, 0.29) is 6.61 Å². The minimum Gasteiger partial charge on any atom is -0.408 e. The molecule has 2 aromatic carbocycles. The highest BCUT2D eigenvalue weighted by Gasteiger charge is 2.48.